The molecule has 1 fully saturated rings. The average Bonchev–Trinajstić information content (AvgIpc) is 2.99. The maximum absolute atomic E-state index is 12.9. The molecule has 1 N–H and O–H groups in total. The van der Waals surface area contributed by atoms with Crippen molar-refractivity contribution < 1.29 is 19.4 Å². The molecule has 1 saturated heterocycles. The van der Waals surface area contributed by atoms with Crippen LogP contribution >= 0.6 is 11.6 Å². The zero-order chi connectivity index (χ0) is 21.0. The summed E-state index contributed by atoms with van der Waals surface area (Å²) in [5, 5.41) is 11.5. The van der Waals surface area contributed by atoms with E-state index in [2.05, 4.69) is 0 Å². The first-order valence-corrected chi connectivity index (χ1v) is 9.97. The molecule has 0 spiro atoms. The SMILES string of the molecule is CCc1ccc(/C(O)=C2/C(=O)C(=O)N(CCCOC)C2c2ccc(Cl)cc2)cc1. The minimum Gasteiger partial charge on any atom is -0.507 e. The van der Waals surface area contributed by atoms with Crippen LogP contribution in [0.25, 0.3) is 5.76 Å². The molecule has 5 nitrogen and oxygen atoms in total. The summed E-state index contributed by atoms with van der Waals surface area (Å²) in [7, 11) is 1.59. The van der Waals surface area contributed by atoms with Crippen LogP contribution in [0.15, 0.2) is 54.1 Å². The topological polar surface area (TPSA) is 66.8 Å². The normalized spacial score (nSPS) is 18.4. The molecule has 0 saturated carbocycles. The van der Waals surface area contributed by atoms with Crippen LogP contribution in [-0.4, -0.2) is 42.0 Å². The summed E-state index contributed by atoms with van der Waals surface area (Å²) in [6.45, 7) is 2.85. The smallest absolute Gasteiger partial charge is 0.295 e. The molecule has 3 rings (SSSR count). The summed E-state index contributed by atoms with van der Waals surface area (Å²) in [4.78, 5) is 27.1. The lowest BCUT2D eigenvalue weighted by Gasteiger charge is -2.25. The number of aliphatic hydroxyl groups is 1. The van der Waals surface area contributed by atoms with Gasteiger partial charge in [0.1, 0.15) is 5.76 Å². The van der Waals surface area contributed by atoms with Gasteiger partial charge < -0.3 is 14.7 Å². The standard InChI is InChI=1S/C23H24ClNO4/c1-3-15-5-7-17(8-6-15)21(26)19-20(16-9-11-18(24)12-10-16)25(13-4-14-29-2)23(28)22(19)27/h5-12,20,26H,3-4,13-14H2,1-2H3/b21-19-. The number of hydrogen-bond donors (Lipinski definition) is 1. The molecule has 1 aliphatic rings. The monoisotopic (exact) mass is 413 g/mol. The third kappa shape index (κ3) is 4.36. The van der Waals surface area contributed by atoms with Crippen LogP contribution in [0.2, 0.25) is 5.02 Å². The van der Waals surface area contributed by atoms with Gasteiger partial charge in [-0.2, -0.15) is 0 Å². The van der Waals surface area contributed by atoms with Crippen LogP contribution in [-0.2, 0) is 20.7 Å². The van der Waals surface area contributed by atoms with E-state index in [1.807, 2.05) is 19.1 Å². The summed E-state index contributed by atoms with van der Waals surface area (Å²) >= 11 is 6.01. The number of carbonyl (C=O) groups excluding carboxylic acids is 2. The molecular weight excluding hydrogens is 390 g/mol. The first kappa shape index (κ1) is 21.1. The van der Waals surface area contributed by atoms with E-state index < -0.39 is 17.7 Å². The maximum Gasteiger partial charge on any atom is 0.295 e. The molecule has 6 heteroatoms. The molecule has 0 aromatic heterocycles. The number of carbonyl (C=O) groups is 2. The van der Waals surface area contributed by atoms with Gasteiger partial charge in [0.2, 0.25) is 0 Å². The lowest BCUT2D eigenvalue weighted by Crippen LogP contribution is -2.31. The lowest BCUT2D eigenvalue weighted by molar-refractivity contribution is -0.140. The third-order valence-corrected chi connectivity index (χ3v) is 5.36. The first-order valence-electron chi connectivity index (χ1n) is 9.60. The van der Waals surface area contributed by atoms with E-state index in [0.717, 1.165) is 17.5 Å². The Morgan fingerprint density at radius 3 is 2.34 bits per heavy atom. The van der Waals surface area contributed by atoms with Gasteiger partial charge in [0, 0.05) is 30.8 Å². The number of likely N-dealkylation sites (tertiary alicyclic amines) is 1. The van der Waals surface area contributed by atoms with Crippen molar-refractivity contribution in [1.82, 2.24) is 4.90 Å². The maximum atomic E-state index is 12.9. The molecule has 1 amide bonds. The number of hydrogen-bond acceptors (Lipinski definition) is 4. The number of ether oxygens (including phenoxy) is 1. The van der Waals surface area contributed by atoms with Crippen molar-refractivity contribution in [2.75, 3.05) is 20.3 Å². The second-order valence-electron chi connectivity index (χ2n) is 6.94. The zero-order valence-corrected chi connectivity index (χ0v) is 17.3. The molecule has 152 valence electrons. The van der Waals surface area contributed by atoms with Gasteiger partial charge in [-0.3, -0.25) is 9.59 Å². The van der Waals surface area contributed by atoms with E-state index in [0.29, 0.717) is 30.2 Å². The highest BCUT2D eigenvalue weighted by Crippen LogP contribution is 2.39. The van der Waals surface area contributed by atoms with Gasteiger partial charge in [-0.25, -0.2) is 0 Å². The van der Waals surface area contributed by atoms with Gasteiger partial charge in [0.25, 0.3) is 11.7 Å². The van der Waals surface area contributed by atoms with Crippen molar-refractivity contribution in [3.8, 4) is 0 Å². The number of methoxy groups -OCH3 is 1. The number of aryl methyl sites for hydroxylation is 1. The number of nitrogens with zero attached hydrogens (tertiary/aromatic N) is 1. The average molecular weight is 414 g/mol. The molecule has 2 aromatic carbocycles. The largest absolute Gasteiger partial charge is 0.507 e. The van der Waals surface area contributed by atoms with E-state index in [-0.39, 0.29) is 11.3 Å². The number of rotatable bonds is 7. The van der Waals surface area contributed by atoms with Gasteiger partial charge in [-0.15, -0.1) is 0 Å². The van der Waals surface area contributed by atoms with Crippen molar-refractivity contribution in [3.05, 3.63) is 75.8 Å². The van der Waals surface area contributed by atoms with Crippen LogP contribution in [0.4, 0.5) is 0 Å². The molecule has 0 aliphatic carbocycles. The van der Waals surface area contributed by atoms with Crippen molar-refractivity contribution in [1.29, 1.82) is 0 Å². The summed E-state index contributed by atoms with van der Waals surface area (Å²) < 4.78 is 5.08. The van der Waals surface area contributed by atoms with Crippen LogP contribution in [0.3, 0.4) is 0 Å². The molecule has 1 aliphatic heterocycles. The molecule has 29 heavy (non-hydrogen) atoms. The highest BCUT2D eigenvalue weighted by Gasteiger charge is 2.45. The fourth-order valence-electron chi connectivity index (χ4n) is 3.54. The summed E-state index contributed by atoms with van der Waals surface area (Å²) in [5.74, 6) is -1.47. The highest BCUT2D eigenvalue weighted by molar-refractivity contribution is 6.46. The Morgan fingerprint density at radius 1 is 1.10 bits per heavy atom. The third-order valence-electron chi connectivity index (χ3n) is 5.11. The molecule has 1 atom stereocenters. The first-order chi connectivity index (χ1) is 14.0. The molecule has 1 heterocycles. The summed E-state index contributed by atoms with van der Waals surface area (Å²) in [6, 6.07) is 13.6. The fourth-order valence-corrected chi connectivity index (χ4v) is 3.66. The molecule has 0 bridgehead atoms. The van der Waals surface area contributed by atoms with Gasteiger partial charge in [-0.1, -0.05) is 54.9 Å². The Balaban J connectivity index is 2.09. The number of halogens is 1. The van der Waals surface area contributed by atoms with Gasteiger partial charge in [0.15, 0.2) is 0 Å². The summed E-state index contributed by atoms with van der Waals surface area (Å²) in [5.41, 5.74) is 2.45. The zero-order valence-electron chi connectivity index (χ0n) is 16.5. The molecular formula is C23H24ClNO4. The second-order valence-corrected chi connectivity index (χ2v) is 7.38. The van der Waals surface area contributed by atoms with Crippen LogP contribution in [0.1, 0.15) is 36.1 Å². The predicted molar refractivity (Wildman–Crippen MR) is 113 cm³/mol. The van der Waals surface area contributed by atoms with E-state index in [9.17, 15) is 14.7 Å². The quantitative estimate of drug-likeness (QED) is 0.317. The number of aliphatic hydroxyl groups excluding tert-OH is 1. The number of benzene rings is 2. The Bertz CT molecular complexity index is 919. The predicted octanol–water partition coefficient (Wildman–Crippen LogP) is 4.36. The highest BCUT2D eigenvalue weighted by atomic mass is 35.5. The minimum absolute atomic E-state index is 0.0963. The molecule has 0 radical (unpaired) electrons. The Hall–Kier alpha value is -2.63. The van der Waals surface area contributed by atoms with Crippen molar-refractivity contribution >= 4 is 29.1 Å². The van der Waals surface area contributed by atoms with E-state index in [4.69, 9.17) is 16.3 Å². The van der Waals surface area contributed by atoms with Crippen LogP contribution in [0.5, 0.6) is 0 Å². The Morgan fingerprint density at radius 2 is 1.76 bits per heavy atom. The molecule has 2 aromatic rings. The van der Waals surface area contributed by atoms with Gasteiger partial charge in [-0.05, 0) is 36.1 Å². The summed E-state index contributed by atoms with van der Waals surface area (Å²) in [6.07, 6.45) is 1.45. The number of Topliss-reactive ketones (excluding diaryl/α,β-unsaturated/α-hetero) is 1. The van der Waals surface area contributed by atoms with E-state index >= 15 is 0 Å². The number of ketones is 1. The van der Waals surface area contributed by atoms with E-state index in [1.54, 1.807) is 43.5 Å². The van der Waals surface area contributed by atoms with Crippen LogP contribution in [0, 0.1) is 0 Å². The fraction of sp³-hybridized carbons (Fsp3) is 0.304. The van der Waals surface area contributed by atoms with Gasteiger partial charge in [0.05, 0.1) is 11.6 Å². The lowest BCUT2D eigenvalue weighted by atomic mass is 9.95. The second kappa shape index (κ2) is 9.25. The Kier molecular flexibility index (Phi) is 6.72. The minimum atomic E-state index is -0.681. The van der Waals surface area contributed by atoms with Crippen molar-refractivity contribution in [3.63, 3.8) is 0 Å². The van der Waals surface area contributed by atoms with Gasteiger partial charge >= 0.3 is 0 Å². The van der Waals surface area contributed by atoms with Crippen molar-refractivity contribution in [2.24, 2.45) is 0 Å². The number of amides is 1. The Labute approximate surface area is 175 Å². The van der Waals surface area contributed by atoms with Crippen molar-refractivity contribution in [2.45, 2.75) is 25.8 Å². The van der Waals surface area contributed by atoms with Crippen LogP contribution < -0.4 is 0 Å². The molecule has 1 unspecified atom stereocenters. The van der Waals surface area contributed by atoms with E-state index in [1.165, 1.54) is 4.90 Å².